The van der Waals surface area contributed by atoms with Gasteiger partial charge in [-0.1, -0.05) is 31.2 Å². The van der Waals surface area contributed by atoms with Crippen molar-refractivity contribution < 1.29 is 14.4 Å². The molecule has 3 aromatic rings. The first-order chi connectivity index (χ1) is 14.4. The zero-order valence-electron chi connectivity index (χ0n) is 16.5. The summed E-state index contributed by atoms with van der Waals surface area (Å²) in [4.78, 5) is 51.3. The number of carbonyl (C=O) groups is 3. The average Bonchev–Trinajstić information content (AvgIpc) is 3.28. The summed E-state index contributed by atoms with van der Waals surface area (Å²) in [6.07, 6.45) is 0.674. The Morgan fingerprint density at radius 1 is 1.10 bits per heavy atom. The van der Waals surface area contributed by atoms with E-state index in [2.05, 4.69) is 16.0 Å². The molecule has 0 unspecified atom stereocenters. The van der Waals surface area contributed by atoms with Gasteiger partial charge in [-0.25, -0.2) is 4.68 Å². The molecule has 0 atom stereocenters. The molecule has 2 heterocycles. The SMILES string of the molecule is CCCn1nc(C(=O)NNC(=O)CN(C)C(=O)c2cccs2)c2ccccc2c1=O. The molecule has 0 bridgehead atoms. The van der Waals surface area contributed by atoms with Crippen molar-refractivity contribution >= 4 is 39.8 Å². The normalized spacial score (nSPS) is 10.6. The Balaban J connectivity index is 1.71. The maximum atomic E-state index is 12.7. The number of aromatic nitrogens is 2. The minimum Gasteiger partial charge on any atom is -0.332 e. The van der Waals surface area contributed by atoms with Crippen LogP contribution in [-0.4, -0.2) is 46.0 Å². The molecule has 1 aromatic carbocycles. The van der Waals surface area contributed by atoms with Crippen LogP contribution < -0.4 is 16.4 Å². The molecule has 156 valence electrons. The van der Waals surface area contributed by atoms with Crippen LogP contribution in [0, 0.1) is 0 Å². The summed E-state index contributed by atoms with van der Waals surface area (Å²) in [6, 6.07) is 10.1. The lowest BCUT2D eigenvalue weighted by Crippen LogP contribution is -2.47. The van der Waals surface area contributed by atoms with E-state index < -0.39 is 11.8 Å². The summed E-state index contributed by atoms with van der Waals surface area (Å²) in [7, 11) is 1.50. The maximum absolute atomic E-state index is 12.7. The van der Waals surface area contributed by atoms with Gasteiger partial charge in [-0.3, -0.25) is 30.0 Å². The van der Waals surface area contributed by atoms with E-state index in [1.165, 1.54) is 28.0 Å². The van der Waals surface area contributed by atoms with Crippen molar-refractivity contribution in [2.24, 2.45) is 0 Å². The first kappa shape index (κ1) is 21.2. The van der Waals surface area contributed by atoms with Gasteiger partial charge in [0.2, 0.25) is 0 Å². The van der Waals surface area contributed by atoms with Crippen molar-refractivity contribution in [1.29, 1.82) is 0 Å². The highest BCUT2D eigenvalue weighted by Gasteiger charge is 2.19. The predicted octanol–water partition coefficient (Wildman–Crippen LogP) is 1.40. The lowest BCUT2D eigenvalue weighted by molar-refractivity contribution is -0.122. The molecule has 2 aromatic heterocycles. The summed E-state index contributed by atoms with van der Waals surface area (Å²) < 4.78 is 1.24. The second kappa shape index (κ2) is 9.31. The average molecular weight is 427 g/mol. The highest BCUT2D eigenvalue weighted by atomic mass is 32.1. The summed E-state index contributed by atoms with van der Waals surface area (Å²) in [5.74, 6) is -1.51. The molecule has 0 fully saturated rings. The van der Waals surface area contributed by atoms with Gasteiger partial charge in [0.1, 0.15) is 6.54 Å². The van der Waals surface area contributed by atoms with Crippen LogP contribution in [0.2, 0.25) is 0 Å². The van der Waals surface area contributed by atoms with E-state index in [-0.39, 0.29) is 23.7 Å². The standard InChI is InChI=1S/C20H21N5O4S/c1-3-10-25-19(28)14-8-5-4-7-13(14)17(23-25)18(27)22-21-16(26)12-24(2)20(29)15-9-6-11-30-15/h4-9,11H,3,10,12H2,1-2H3,(H,21,26)(H,22,27). The highest BCUT2D eigenvalue weighted by Crippen LogP contribution is 2.13. The molecule has 10 heteroatoms. The molecule has 0 aliphatic heterocycles. The Morgan fingerprint density at radius 2 is 1.83 bits per heavy atom. The minimum atomic E-state index is -0.656. The number of nitrogens with zero attached hydrogens (tertiary/aromatic N) is 3. The molecule has 0 radical (unpaired) electrons. The Labute approximate surface area is 176 Å². The van der Waals surface area contributed by atoms with E-state index in [1.54, 1.807) is 41.8 Å². The maximum Gasteiger partial charge on any atom is 0.290 e. The molecular weight excluding hydrogens is 406 g/mol. The fourth-order valence-corrected chi connectivity index (χ4v) is 3.58. The van der Waals surface area contributed by atoms with Gasteiger partial charge in [0.05, 0.1) is 10.3 Å². The van der Waals surface area contributed by atoms with Gasteiger partial charge < -0.3 is 4.90 Å². The van der Waals surface area contributed by atoms with E-state index in [1.807, 2.05) is 6.92 Å². The molecule has 0 spiro atoms. The lowest BCUT2D eigenvalue weighted by atomic mass is 10.1. The molecule has 3 amide bonds. The molecule has 2 N–H and O–H groups in total. The van der Waals surface area contributed by atoms with Gasteiger partial charge in [-0.15, -0.1) is 11.3 Å². The number of nitrogens with one attached hydrogen (secondary N) is 2. The number of hydrazine groups is 1. The number of benzene rings is 1. The predicted molar refractivity (Wildman–Crippen MR) is 113 cm³/mol. The van der Waals surface area contributed by atoms with E-state index in [9.17, 15) is 19.2 Å². The fourth-order valence-electron chi connectivity index (χ4n) is 2.87. The van der Waals surface area contributed by atoms with E-state index in [4.69, 9.17) is 0 Å². The number of likely N-dealkylation sites (N-methyl/N-ethyl adjacent to an activating group) is 1. The number of hydrogen-bond acceptors (Lipinski definition) is 6. The Kier molecular flexibility index (Phi) is 6.58. The van der Waals surface area contributed by atoms with E-state index in [0.29, 0.717) is 28.6 Å². The Morgan fingerprint density at radius 3 is 2.50 bits per heavy atom. The van der Waals surface area contributed by atoms with Gasteiger partial charge in [0.25, 0.3) is 23.3 Å². The number of thiophene rings is 1. The number of hydrogen-bond donors (Lipinski definition) is 2. The van der Waals surface area contributed by atoms with Gasteiger partial charge in [-0.2, -0.15) is 5.10 Å². The first-order valence-electron chi connectivity index (χ1n) is 9.30. The van der Waals surface area contributed by atoms with Crippen LogP contribution in [0.5, 0.6) is 0 Å². The van der Waals surface area contributed by atoms with Crippen molar-refractivity contribution in [2.75, 3.05) is 13.6 Å². The smallest absolute Gasteiger partial charge is 0.290 e. The van der Waals surface area contributed by atoms with Crippen molar-refractivity contribution in [2.45, 2.75) is 19.9 Å². The summed E-state index contributed by atoms with van der Waals surface area (Å²) in [5.41, 5.74) is 4.35. The van der Waals surface area contributed by atoms with Gasteiger partial charge in [0, 0.05) is 19.0 Å². The molecule has 0 saturated heterocycles. The first-order valence-corrected chi connectivity index (χ1v) is 10.2. The third-order valence-electron chi connectivity index (χ3n) is 4.29. The van der Waals surface area contributed by atoms with Crippen LogP contribution in [0.1, 0.15) is 33.5 Å². The second-order valence-electron chi connectivity index (χ2n) is 6.56. The van der Waals surface area contributed by atoms with Crippen LogP contribution in [0.4, 0.5) is 0 Å². The number of carbonyl (C=O) groups excluding carboxylic acids is 3. The molecule has 3 rings (SSSR count). The molecule has 0 saturated carbocycles. The molecule has 9 nitrogen and oxygen atoms in total. The summed E-state index contributed by atoms with van der Waals surface area (Å²) in [5, 5.41) is 6.71. The Hall–Kier alpha value is -3.53. The van der Waals surface area contributed by atoms with Crippen LogP contribution >= 0.6 is 11.3 Å². The van der Waals surface area contributed by atoms with Crippen LogP contribution in [-0.2, 0) is 11.3 Å². The third kappa shape index (κ3) is 4.54. The number of rotatable bonds is 6. The zero-order chi connectivity index (χ0) is 21.7. The fraction of sp³-hybridized carbons (Fsp3) is 0.250. The van der Waals surface area contributed by atoms with Crippen molar-refractivity contribution in [3.8, 4) is 0 Å². The quantitative estimate of drug-likeness (QED) is 0.578. The van der Waals surface area contributed by atoms with E-state index >= 15 is 0 Å². The van der Waals surface area contributed by atoms with Gasteiger partial charge in [0.15, 0.2) is 5.69 Å². The van der Waals surface area contributed by atoms with Gasteiger partial charge >= 0.3 is 0 Å². The second-order valence-corrected chi connectivity index (χ2v) is 7.51. The van der Waals surface area contributed by atoms with Crippen molar-refractivity contribution in [3.63, 3.8) is 0 Å². The summed E-state index contributed by atoms with van der Waals surface area (Å²) in [6.45, 7) is 2.03. The minimum absolute atomic E-state index is 0.0296. The Bertz CT molecular complexity index is 1140. The number of amides is 3. The highest BCUT2D eigenvalue weighted by molar-refractivity contribution is 7.12. The molecule has 0 aliphatic carbocycles. The zero-order valence-corrected chi connectivity index (χ0v) is 17.4. The van der Waals surface area contributed by atoms with Gasteiger partial charge in [-0.05, 0) is 23.9 Å². The largest absolute Gasteiger partial charge is 0.332 e. The van der Waals surface area contributed by atoms with Crippen molar-refractivity contribution in [1.82, 2.24) is 25.5 Å². The molecular formula is C20H21N5O4S. The van der Waals surface area contributed by atoms with E-state index in [0.717, 1.165) is 0 Å². The number of aryl methyl sites for hydroxylation is 1. The lowest BCUT2D eigenvalue weighted by Gasteiger charge is -2.16. The topological polar surface area (TPSA) is 113 Å². The number of fused-ring (bicyclic) bond motifs is 1. The summed E-state index contributed by atoms with van der Waals surface area (Å²) >= 11 is 1.28. The van der Waals surface area contributed by atoms with Crippen molar-refractivity contribution in [3.05, 3.63) is 62.7 Å². The monoisotopic (exact) mass is 427 g/mol. The third-order valence-corrected chi connectivity index (χ3v) is 5.15. The van der Waals surface area contributed by atoms with Crippen LogP contribution in [0.3, 0.4) is 0 Å². The molecule has 0 aliphatic rings. The van der Waals surface area contributed by atoms with Crippen LogP contribution in [0.15, 0.2) is 46.6 Å². The molecule has 30 heavy (non-hydrogen) atoms. The van der Waals surface area contributed by atoms with Crippen LogP contribution in [0.25, 0.3) is 10.8 Å².